The molecule has 268 valence electrons. The monoisotopic (exact) mass is 722 g/mol. The quantitative estimate of drug-likeness (QED) is 0.376. The maximum atomic E-state index is 14.3. The summed E-state index contributed by atoms with van der Waals surface area (Å²) in [5.41, 5.74) is 1.86. The summed E-state index contributed by atoms with van der Waals surface area (Å²) in [5, 5.41) is 0.664. The first-order valence-electron chi connectivity index (χ1n) is 17.7. The minimum atomic E-state index is -3.78. The lowest BCUT2D eigenvalue weighted by molar-refractivity contribution is 0.179. The van der Waals surface area contributed by atoms with Crippen molar-refractivity contribution in [3.63, 3.8) is 0 Å². The Labute approximate surface area is 294 Å². The van der Waals surface area contributed by atoms with Crippen molar-refractivity contribution in [1.29, 1.82) is 0 Å². The van der Waals surface area contributed by atoms with Crippen molar-refractivity contribution in [3.05, 3.63) is 53.6 Å². The second-order valence-electron chi connectivity index (χ2n) is 14.1. The number of anilines is 2. The van der Waals surface area contributed by atoms with E-state index in [9.17, 15) is 16.8 Å². The van der Waals surface area contributed by atoms with Crippen LogP contribution in [-0.4, -0.2) is 121 Å². The number of hydrogen-bond donors (Lipinski definition) is 0. The molecule has 0 aromatic heterocycles. The maximum Gasteiger partial charge on any atom is 0.282 e. The predicted octanol–water partition coefficient (Wildman–Crippen LogP) is 5.08. The number of sulfonamides is 1. The van der Waals surface area contributed by atoms with Crippen molar-refractivity contribution in [2.75, 3.05) is 95.9 Å². The van der Waals surface area contributed by atoms with Gasteiger partial charge in [0.2, 0.25) is 10.0 Å². The average Bonchev–Trinajstić information content (AvgIpc) is 3.07. The molecule has 1 aliphatic carbocycles. The van der Waals surface area contributed by atoms with Crippen LogP contribution in [0, 0.1) is 11.8 Å². The van der Waals surface area contributed by atoms with Gasteiger partial charge in [-0.3, -0.25) is 0 Å². The fraction of sp³-hybridized carbons (Fsp3) is 0.657. The number of nitrogens with zero attached hydrogens (tertiary/aromatic N) is 6. The third-order valence-corrected chi connectivity index (χ3v) is 14.3. The van der Waals surface area contributed by atoms with Crippen molar-refractivity contribution in [2.45, 2.75) is 56.8 Å². The Morgan fingerprint density at radius 3 is 1.94 bits per heavy atom. The van der Waals surface area contributed by atoms with Gasteiger partial charge in [-0.1, -0.05) is 49.9 Å². The molecule has 0 radical (unpaired) electrons. The summed E-state index contributed by atoms with van der Waals surface area (Å²) in [6.07, 6.45) is 7.80. The number of halogens is 1. The van der Waals surface area contributed by atoms with E-state index in [1.165, 1.54) is 32.1 Å². The van der Waals surface area contributed by atoms with Crippen molar-refractivity contribution in [1.82, 2.24) is 17.8 Å². The minimum Gasteiger partial charge on any atom is -0.378 e. The Kier molecular flexibility index (Phi) is 13.1. The van der Waals surface area contributed by atoms with Crippen LogP contribution >= 0.6 is 11.6 Å². The second-order valence-corrected chi connectivity index (χ2v) is 18.3. The molecule has 10 nitrogen and oxygen atoms in total. The van der Waals surface area contributed by atoms with Crippen molar-refractivity contribution < 1.29 is 16.8 Å². The van der Waals surface area contributed by atoms with Crippen LogP contribution in [0.5, 0.6) is 0 Å². The number of rotatable bonds is 8. The molecule has 2 aromatic rings. The van der Waals surface area contributed by atoms with E-state index in [1.54, 1.807) is 25.0 Å². The van der Waals surface area contributed by atoms with Crippen LogP contribution in [0.2, 0.25) is 5.02 Å². The first kappa shape index (κ1) is 37.3. The van der Waals surface area contributed by atoms with Gasteiger partial charge in [0.15, 0.2) is 0 Å². The highest BCUT2D eigenvalue weighted by Gasteiger charge is 2.35. The largest absolute Gasteiger partial charge is 0.378 e. The zero-order valence-corrected chi connectivity index (χ0v) is 31.4. The Morgan fingerprint density at radius 2 is 1.31 bits per heavy atom. The predicted molar refractivity (Wildman–Crippen MR) is 197 cm³/mol. The molecular weight excluding hydrogens is 668 g/mol. The lowest BCUT2D eigenvalue weighted by Crippen LogP contribution is -2.54. The fourth-order valence-corrected chi connectivity index (χ4v) is 11.0. The summed E-state index contributed by atoms with van der Waals surface area (Å²) >= 11 is 6.45. The van der Waals surface area contributed by atoms with Gasteiger partial charge in [0, 0.05) is 78.7 Å². The molecule has 3 aliphatic rings. The van der Waals surface area contributed by atoms with E-state index in [-0.39, 0.29) is 23.9 Å². The summed E-state index contributed by atoms with van der Waals surface area (Å²) in [7, 11) is -3.69. The maximum absolute atomic E-state index is 14.3. The molecule has 13 heteroatoms. The number of piperazine rings is 1. The number of benzene rings is 2. The molecule has 0 bridgehead atoms. The molecule has 3 fully saturated rings. The van der Waals surface area contributed by atoms with Crippen molar-refractivity contribution in [3.8, 4) is 0 Å². The highest BCUT2D eigenvalue weighted by atomic mass is 35.5. The second kappa shape index (κ2) is 16.9. The molecule has 0 N–H and O–H groups in total. The highest BCUT2D eigenvalue weighted by molar-refractivity contribution is 7.89. The number of para-hydroxylation sites is 1. The van der Waals surface area contributed by atoms with Crippen LogP contribution in [0.4, 0.5) is 11.4 Å². The molecule has 0 spiro atoms. The van der Waals surface area contributed by atoms with E-state index < -0.39 is 20.2 Å². The standard InChI is InChI=1S/C35H55ClN6O4S2/c1-30-27-41(47(43,44)33-17-15-32(16-18-33)37(2)3)21-9-19-38(29-31-11-5-4-6-12-31)20-10-22-42(28-30)48(45,46)40-25-23-39(24-26-40)35-14-8-7-13-34(35)36/h7-8,13-18,30-31H,4-6,9-12,19-29H2,1-3H3/t30-/m0/s1. The zero-order valence-electron chi connectivity index (χ0n) is 29.0. The third kappa shape index (κ3) is 9.44. The number of hydrogen-bond acceptors (Lipinski definition) is 7. The Bertz CT molecular complexity index is 1530. The Hall–Kier alpha value is -1.93. The first-order chi connectivity index (χ1) is 22.9. The van der Waals surface area contributed by atoms with Crippen LogP contribution in [0.25, 0.3) is 0 Å². The molecule has 1 saturated carbocycles. The smallest absolute Gasteiger partial charge is 0.282 e. The van der Waals surface area contributed by atoms with Gasteiger partial charge in [-0.2, -0.15) is 21.3 Å². The summed E-state index contributed by atoms with van der Waals surface area (Å²) in [5.74, 6) is 0.453. The van der Waals surface area contributed by atoms with E-state index in [2.05, 4.69) is 9.80 Å². The van der Waals surface area contributed by atoms with Gasteiger partial charge in [0.1, 0.15) is 0 Å². The summed E-state index contributed by atoms with van der Waals surface area (Å²) in [4.78, 5) is 6.82. The van der Waals surface area contributed by atoms with E-state index in [0.29, 0.717) is 50.2 Å². The molecule has 2 aliphatic heterocycles. The molecule has 48 heavy (non-hydrogen) atoms. The van der Waals surface area contributed by atoms with Crippen LogP contribution in [0.3, 0.4) is 0 Å². The summed E-state index contributed by atoms with van der Waals surface area (Å²) in [6, 6.07) is 14.7. The van der Waals surface area contributed by atoms with Gasteiger partial charge < -0.3 is 14.7 Å². The molecule has 2 saturated heterocycles. The molecule has 0 amide bonds. The van der Waals surface area contributed by atoms with Crippen LogP contribution < -0.4 is 9.80 Å². The lowest BCUT2D eigenvalue weighted by Gasteiger charge is -2.39. The Balaban J connectivity index is 1.34. The molecule has 5 rings (SSSR count). The van der Waals surface area contributed by atoms with Gasteiger partial charge in [-0.15, -0.1) is 0 Å². The lowest BCUT2D eigenvalue weighted by atomic mass is 9.89. The van der Waals surface area contributed by atoms with Crippen molar-refractivity contribution in [2.24, 2.45) is 11.8 Å². The Morgan fingerprint density at radius 1 is 0.708 bits per heavy atom. The van der Waals surface area contributed by atoms with Crippen LogP contribution in [0.1, 0.15) is 51.9 Å². The van der Waals surface area contributed by atoms with Gasteiger partial charge in [-0.25, -0.2) is 8.42 Å². The topological polar surface area (TPSA) is 87.7 Å². The van der Waals surface area contributed by atoms with E-state index in [1.807, 2.05) is 62.3 Å². The fourth-order valence-electron chi connectivity index (χ4n) is 7.43. The molecule has 2 heterocycles. The van der Waals surface area contributed by atoms with Gasteiger partial charge in [0.25, 0.3) is 10.2 Å². The van der Waals surface area contributed by atoms with E-state index in [0.717, 1.165) is 43.9 Å². The highest BCUT2D eigenvalue weighted by Crippen LogP contribution is 2.28. The van der Waals surface area contributed by atoms with Crippen LogP contribution in [0.15, 0.2) is 53.4 Å². The van der Waals surface area contributed by atoms with Gasteiger partial charge in [-0.05, 0) is 87.0 Å². The van der Waals surface area contributed by atoms with Gasteiger partial charge >= 0.3 is 0 Å². The van der Waals surface area contributed by atoms with Crippen molar-refractivity contribution >= 4 is 43.2 Å². The van der Waals surface area contributed by atoms with E-state index >= 15 is 0 Å². The molecule has 2 aromatic carbocycles. The van der Waals surface area contributed by atoms with Crippen LogP contribution in [-0.2, 0) is 20.2 Å². The summed E-state index contributed by atoms with van der Waals surface area (Å²) < 4.78 is 61.5. The average molecular weight is 723 g/mol. The third-order valence-electron chi connectivity index (χ3n) is 10.1. The SMILES string of the molecule is C[C@H]1CN(S(=O)(=O)c2ccc(N(C)C)cc2)CCCN(CC2CCCCC2)CCCN(S(=O)(=O)N2CCN(c3ccccc3Cl)CC2)C1. The molecular formula is C35H55ClN6O4S2. The van der Waals surface area contributed by atoms with E-state index in [4.69, 9.17) is 11.6 Å². The minimum absolute atomic E-state index is 0.196. The zero-order chi connectivity index (χ0) is 34.3. The van der Waals surface area contributed by atoms with Gasteiger partial charge in [0.05, 0.1) is 15.6 Å². The molecule has 1 atom stereocenters. The normalized spacial score (nSPS) is 23.0. The molecule has 0 unspecified atom stereocenters. The summed E-state index contributed by atoms with van der Waals surface area (Å²) in [6.45, 7) is 7.75. The first-order valence-corrected chi connectivity index (χ1v) is 20.9.